The van der Waals surface area contributed by atoms with Crippen molar-refractivity contribution in [3.63, 3.8) is 0 Å². The van der Waals surface area contributed by atoms with Gasteiger partial charge in [0.2, 0.25) is 0 Å². The highest BCUT2D eigenvalue weighted by molar-refractivity contribution is 9.11. The van der Waals surface area contributed by atoms with Gasteiger partial charge in [-0.05, 0) is 50.1 Å². The van der Waals surface area contributed by atoms with E-state index in [-0.39, 0.29) is 12.5 Å². The number of nitrogens with one attached hydrogen (secondary N) is 1. The van der Waals surface area contributed by atoms with Gasteiger partial charge in [-0.25, -0.2) is 0 Å². The minimum atomic E-state index is -0.239. The van der Waals surface area contributed by atoms with Gasteiger partial charge in [-0.15, -0.1) is 0 Å². The number of benzene rings is 1. The summed E-state index contributed by atoms with van der Waals surface area (Å²) in [5.41, 5.74) is 7.30. The van der Waals surface area contributed by atoms with E-state index in [1.165, 1.54) is 0 Å². The number of rotatable bonds is 4. The van der Waals surface area contributed by atoms with Gasteiger partial charge in [0.1, 0.15) is 5.75 Å². The fourth-order valence-electron chi connectivity index (χ4n) is 1.71. The summed E-state index contributed by atoms with van der Waals surface area (Å²) in [7, 11) is 1.57. The molecule has 0 bridgehead atoms. The normalized spacial score (nSPS) is 10.3. The molecule has 0 aliphatic carbocycles. The van der Waals surface area contributed by atoms with Crippen LogP contribution in [0.5, 0.6) is 5.75 Å². The zero-order valence-electron chi connectivity index (χ0n) is 11.2. The predicted octanol–water partition coefficient (Wildman–Crippen LogP) is 3.33. The monoisotopic (exact) mass is 413 g/mol. The summed E-state index contributed by atoms with van der Waals surface area (Å²) in [6, 6.07) is 6.85. The van der Waals surface area contributed by atoms with E-state index in [2.05, 4.69) is 42.2 Å². The second kappa shape index (κ2) is 7.02. The van der Waals surface area contributed by atoms with E-state index in [1.54, 1.807) is 31.5 Å². The van der Waals surface area contributed by atoms with Crippen LogP contribution in [0.2, 0.25) is 0 Å². The van der Waals surface area contributed by atoms with Crippen molar-refractivity contribution in [2.75, 3.05) is 12.4 Å². The number of methoxy groups -OCH3 is 1. The molecule has 0 aliphatic rings. The Balaban J connectivity index is 2.26. The van der Waals surface area contributed by atoms with Crippen LogP contribution in [0.1, 0.15) is 16.1 Å². The minimum Gasteiger partial charge on any atom is -0.495 e. The number of hydrogen-bond acceptors (Lipinski definition) is 4. The fraction of sp³-hybridized carbons (Fsp3) is 0.143. The molecule has 0 saturated carbocycles. The highest BCUT2D eigenvalue weighted by Crippen LogP contribution is 2.34. The van der Waals surface area contributed by atoms with Gasteiger partial charge in [0.05, 0.1) is 23.0 Å². The Morgan fingerprint density at radius 2 is 2.10 bits per heavy atom. The summed E-state index contributed by atoms with van der Waals surface area (Å²) in [5.74, 6) is 0.392. The molecular formula is C14H13Br2N3O2. The maximum atomic E-state index is 12.3. The zero-order valence-corrected chi connectivity index (χ0v) is 14.4. The minimum absolute atomic E-state index is 0.239. The maximum Gasteiger partial charge on any atom is 0.255 e. The molecule has 7 heteroatoms. The van der Waals surface area contributed by atoms with Crippen molar-refractivity contribution in [3.05, 3.63) is 50.7 Å². The first kappa shape index (κ1) is 15.9. The molecule has 0 atom stereocenters. The number of nitrogens with zero attached hydrogens (tertiary/aromatic N) is 1. The van der Waals surface area contributed by atoms with E-state index in [1.807, 2.05) is 6.07 Å². The summed E-state index contributed by atoms with van der Waals surface area (Å²) in [6.07, 6.45) is 1.56. The summed E-state index contributed by atoms with van der Waals surface area (Å²) in [6.45, 7) is 0.289. The summed E-state index contributed by atoms with van der Waals surface area (Å²) in [4.78, 5) is 16.3. The Labute approximate surface area is 139 Å². The third-order valence-electron chi connectivity index (χ3n) is 2.78. The van der Waals surface area contributed by atoms with Gasteiger partial charge in [0.15, 0.2) is 0 Å². The molecule has 0 aliphatic heterocycles. The molecule has 0 unspecified atom stereocenters. The van der Waals surface area contributed by atoms with E-state index >= 15 is 0 Å². The molecule has 0 fully saturated rings. The first-order chi connectivity index (χ1) is 10.0. The largest absolute Gasteiger partial charge is 0.495 e. The lowest BCUT2D eigenvalue weighted by atomic mass is 10.2. The second-order valence-electron chi connectivity index (χ2n) is 4.16. The number of amides is 1. The van der Waals surface area contributed by atoms with Crippen LogP contribution in [-0.4, -0.2) is 18.0 Å². The number of anilines is 1. The van der Waals surface area contributed by atoms with Crippen LogP contribution in [0.3, 0.4) is 0 Å². The molecule has 1 amide bonds. The smallest absolute Gasteiger partial charge is 0.255 e. The molecule has 0 radical (unpaired) electrons. The topological polar surface area (TPSA) is 77.2 Å². The predicted molar refractivity (Wildman–Crippen MR) is 88.5 cm³/mol. The zero-order chi connectivity index (χ0) is 15.4. The number of ether oxygens (including phenoxy) is 1. The van der Waals surface area contributed by atoms with E-state index in [9.17, 15) is 4.79 Å². The Morgan fingerprint density at radius 3 is 2.76 bits per heavy atom. The molecule has 0 saturated heterocycles. The number of halogens is 2. The first-order valence-corrected chi connectivity index (χ1v) is 7.63. The molecular weight excluding hydrogens is 402 g/mol. The molecule has 3 N–H and O–H groups in total. The molecule has 21 heavy (non-hydrogen) atoms. The standard InChI is InChI=1S/C14H13Br2N3O2/c1-21-13-6-12(10(15)5-11(13)16)19-14(20)8-2-3-18-9(4-8)7-17/h2-6H,7,17H2,1H3,(H,19,20). The average molecular weight is 415 g/mol. The number of carbonyl (C=O) groups excluding carboxylic acids is 1. The van der Waals surface area contributed by atoms with Gasteiger partial charge in [-0.3, -0.25) is 9.78 Å². The van der Waals surface area contributed by atoms with Crippen LogP contribution in [0, 0.1) is 0 Å². The van der Waals surface area contributed by atoms with Crippen LogP contribution >= 0.6 is 31.9 Å². The van der Waals surface area contributed by atoms with Gasteiger partial charge in [0.25, 0.3) is 5.91 Å². The average Bonchev–Trinajstić information content (AvgIpc) is 2.50. The Bertz CT molecular complexity index is 677. The summed E-state index contributed by atoms with van der Waals surface area (Å²) < 4.78 is 6.76. The Hall–Kier alpha value is -1.44. The third-order valence-corrected chi connectivity index (χ3v) is 4.05. The lowest BCUT2D eigenvalue weighted by molar-refractivity contribution is 0.102. The van der Waals surface area contributed by atoms with Gasteiger partial charge in [-0.1, -0.05) is 0 Å². The number of aromatic nitrogens is 1. The second-order valence-corrected chi connectivity index (χ2v) is 5.87. The summed E-state index contributed by atoms with van der Waals surface area (Å²) >= 11 is 6.79. The van der Waals surface area contributed by atoms with Crippen LogP contribution in [0.4, 0.5) is 5.69 Å². The van der Waals surface area contributed by atoms with Crippen molar-refractivity contribution in [1.29, 1.82) is 0 Å². The van der Waals surface area contributed by atoms with Crippen LogP contribution < -0.4 is 15.8 Å². The number of hydrogen-bond donors (Lipinski definition) is 2. The van der Waals surface area contributed by atoms with Crippen LogP contribution in [0.15, 0.2) is 39.4 Å². The lowest BCUT2D eigenvalue weighted by Crippen LogP contribution is -2.13. The molecule has 1 aromatic heterocycles. The molecule has 110 valence electrons. The SMILES string of the molecule is COc1cc(NC(=O)c2ccnc(CN)c2)c(Br)cc1Br. The van der Waals surface area contributed by atoms with Gasteiger partial charge in [-0.2, -0.15) is 0 Å². The van der Waals surface area contributed by atoms with Gasteiger partial charge >= 0.3 is 0 Å². The third kappa shape index (κ3) is 3.81. The van der Waals surface area contributed by atoms with Crippen molar-refractivity contribution in [3.8, 4) is 5.75 Å². The van der Waals surface area contributed by atoms with E-state index < -0.39 is 0 Å². The molecule has 2 rings (SSSR count). The van der Waals surface area contributed by atoms with Crippen LogP contribution in [0.25, 0.3) is 0 Å². The molecule has 1 aromatic carbocycles. The Kier molecular flexibility index (Phi) is 5.33. The molecule has 2 aromatic rings. The molecule has 0 spiro atoms. The number of pyridine rings is 1. The van der Waals surface area contributed by atoms with Crippen molar-refractivity contribution >= 4 is 43.5 Å². The fourth-order valence-corrected chi connectivity index (χ4v) is 2.96. The number of nitrogens with two attached hydrogens (primary N) is 1. The molecule has 5 nitrogen and oxygen atoms in total. The van der Waals surface area contributed by atoms with Gasteiger partial charge in [0, 0.05) is 28.8 Å². The highest BCUT2D eigenvalue weighted by Gasteiger charge is 2.12. The van der Waals surface area contributed by atoms with E-state index in [0.29, 0.717) is 22.7 Å². The highest BCUT2D eigenvalue weighted by atomic mass is 79.9. The van der Waals surface area contributed by atoms with E-state index in [0.717, 1.165) is 8.95 Å². The Morgan fingerprint density at radius 1 is 1.33 bits per heavy atom. The summed E-state index contributed by atoms with van der Waals surface area (Å²) in [5, 5.41) is 2.82. The quantitative estimate of drug-likeness (QED) is 0.804. The van der Waals surface area contributed by atoms with E-state index in [4.69, 9.17) is 10.5 Å². The number of carbonyl (C=O) groups is 1. The first-order valence-electron chi connectivity index (χ1n) is 6.04. The lowest BCUT2D eigenvalue weighted by Gasteiger charge is -2.11. The van der Waals surface area contributed by atoms with Crippen molar-refractivity contribution < 1.29 is 9.53 Å². The molecule has 1 heterocycles. The van der Waals surface area contributed by atoms with Crippen molar-refractivity contribution in [2.45, 2.75) is 6.54 Å². The van der Waals surface area contributed by atoms with Crippen LogP contribution in [-0.2, 0) is 6.54 Å². The van der Waals surface area contributed by atoms with Crippen molar-refractivity contribution in [1.82, 2.24) is 4.98 Å². The maximum absolute atomic E-state index is 12.3. The van der Waals surface area contributed by atoms with Crippen molar-refractivity contribution in [2.24, 2.45) is 5.73 Å². The van der Waals surface area contributed by atoms with Gasteiger partial charge < -0.3 is 15.8 Å².